The molecule has 4 fully saturated rings. The number of ether oxygens (including phenoxy) is 2. The molecule has 32 heavy (non-hydrogen) atoms. The van der Waals surface area contributed by atoms with Gasteiger partial charge >= 0.3 is 0 Å². The van der Waals surface area contributed by atoms with Crippen molar-refractivity contribution in [1.82, 2.24) is 5.32 Å². The molecule has 1 aliphatic heterocycles. The molecular formula is C26H37FN2O3. The first-order valence-corrected chi connectivity index (χ1v) is 12.0. The van der Waals surface area contributed by atoms with E-state index in [2.05, 4.69) is 24.4 Å². The van der Waals surface area contributed by atoms with Crippen molar-refractivity contribution in [2.75, 3.05) is 32.9 Å². The molecule has 3 aliphatic carbocycles. The molecule has 5 nitrogen and oxygen atoms in total. The summed E-state index contributed by atoms with van der Waals surface area (Å²) in [5.74, 6) is 0.985. The maximum atomic E-state index is 13.2. The average Bonchev–Trinajstić information content (AvgIpc) is 2.85. The number of halogens is 1. The van der Waals surface area contributed by atoms with Gasteiger partial charge in [-0.05, 0) is 79.9 Å². The van der Waals surface area contributed by atoms with Gasteiger partial charge in [0.25, 0.3) is 0 Å². The Balaban J connectivity index is 1.33. The molecule has 1 amide bonds. The van der Waals surface area contributed by atoms with Crippen LogP contribution in [0.4, 0.5) is 4.39 Å². The third kappa shape index (κ3) is 4.72. The lowest BCUT2D eigenvalue weighted by atomic mass is 9.51. The molecule has 1 aromatic rings. The molecule has 0 atom stereocenters. The van der Waals surface area contributed by atoms with E-state index in [9.17, 15) is 9.18 Å². The fraction of sp³-hybridized carbons (Fsp3) is 0.654. The zero-order valence-corrected chi connectivity index (χ0v) is 19.3. The fourth-order valence-corrected chi connectivity index (χ4v) is 5.70. The number of amides is 1. The van der Waals surface area contributed by atoms with Gasteiger partial charge < -0.3 is 20.5 Å². The monoisotopic (exact) mass is 444 g/mol. The van der Waals surface area contributed by atoms with Crippen LogP contribution in [0.3, 0.4) is 0 Å². The van der Waals surface area contributed by atoms with Crippen molar-refractivity contribution >= 4 is 5.91 Å². The van der Waals surface area contributed by atoms with E-state index < -0.39 is 0 Å². The maximum Gasteiger partial charge on any atom is 0.226 e. The lowest BCUT2D eigenvalue weighted by Gasteiger charge is -2.53. The Bertz CT molecular complexity index is 805. The van der Waals surface area contributed by atoms with Crippen molar-refractivity contribution in [1.29, 1.82) is 0 Å². The zero-order valence-electron chi connectivity index (χ0n) is 19.3. The highest BCUT2D eigenvalue weighted by atomic mass is 19.1. The number of hydrogen-bond donors (Lipinski definition) is 2. The van der Waals surface area contributed by atoms with Crippen molar-refractivity contribution < 1.29 is 18.7 Å². The van der Waals surface area contributed by atoms with Crippen LogP contribution in [-0.2, 0) is 14.9 Å². The Morgan fingerprint density at radius 2 is 1.72 bits per heavy atom. The summed E-state index contributed by atoms with van der Waals surface area (Å²) in [5.41, 5.74) is 7.38. The van der Waals surface area contributed by atoms with Gasteiger partial charge in [0.15, 0.2) is 0 Å². The lowest BCUT2D eigenvalue weighted by molar-refractivity contribution is -0.138. The minimum absolute atomic E-state index is 0.153. The predicted molar refractivity (Wildman–Crippen MR) is 123 cm³/mol. The number of fused-ring (bicyclic) bond motifs is 3. The minimum atomic E-state index is -0.191. The van der Waals surface area contributed by atoms with Crippen LogP contribution in [-0.4, -0.2) is 38.8 Å². The smallest absolute Gasteiger partial charge is 0.226 e. The Morgan fingerprint density at radius 1 is 1.09 bits per heavy atom. The molecule has 1 saturated heterocycles. The van der Waals surface area contributed by atoms with E-state index in [0.29, 0.717) is 11.9 Å². The molecule has 3 N–H and O–H groups in total. The SMILES string of the molecule is CC1(CNC(=O)C23CCC(c4ccc(OC/C(=C/F)CN)cc4)(CC2)CC3)CCOCC1. The van der Waals surface area contributed by atoms with Crippen molar-refractivity contribution in [2.24, 2.45) is 16.6 Å². The molecule has 2 bridgehead atoms. The first-order valence-electron chi connectivity index (χ1n) is 12.0. The van der Waals surface area contributed by atoms with Gasteiger partial charge in [-0.15, -0.1) is 0 Å². The van der Waals surface area contributed by atoms with E-state index in [4.69, 9.17) is 15.2 Å². The lowest BCUT2D eigenvalue weighted by Crippen LogP contribution is -2.53. The Hall–Kier alpha value is -1.92. The summed E-state index contributed by atoms with van der Waals surface area (Å²) >= 11 is 0. The molecule has 5 rings (SSSR count). The number of rotatable bonds is 8. The number of nitrogens with two attached hydrogens (primary N) is 1. The molecule has 0 unspecified atom stereocenters. The van der Waals surface area contributed by atoms with Crippen LogP contribution in [0.15, 0.2) is 36.2 Å². The summed E-state index contributed by atoms with van der Waals surface area (Å²) in [7, 11) is 0. The second-order valence-electron chi connectivity index (χ2n) is 10.5. The average molecular weight is 445 g/mol. The number of carbonyl (C=O) groups excluding carboxylic acids is 1. The molecule has 176 valence electrons. The third-order valence-electron chi connectivity index (χ3n) is 8.41. The molecule has 1 aromatic carbocycles. The third-order valence-corrected chi connectivity index (χ3v) is 8.41. The normalized spacial score (nSPS) is 29.5. The molecule has 0 aromatic heterocycles. The van der Waals surface area contributed by atoms with E-state index in [0.717, 1.165) is 76.9 Å². The molecule has 0 radical (unpaired) electrons. The van der Waals surface area contributed by atoms with E-state index in [1.54, 1.807) is 0 Å². The van der Waals surface area contributed by atoms with Gasteiger partial charge in [0.2, 0.25) is 5.91 Å². The van der Waals surface area contributed by atoms with Gasteiger partial charge in [-0.3, -0.25) is 4.79 Å². The molecule has 1 heterocycles. The highest BCUT2D eigenvalue weighted by Crippen LogP contribution is 2.58. The van der Waals surface area contributed by atoms with E-state index in [1.165, 1.54) is 5.56 Å². The Labute approximate surface area is 190 Å². The van der Waals surface area contributed by atoms with Crippen molar-refractivity contribution in [3.8, 4) is 5.75 Å². The van der Waals surface area contributed by atoms with Crippen LogP contribution in [0, 0.1) is 10.8 Å². The van der Waals surface area contributed by atoms with Crippen LogP contribution in [0.1, 0.15) is 63.9 Å². The van der Waals surface area contributed by atoms with E-state index in [1.807, 2.05) is 12.1 Å². The van der Waals surface area contributed by atoms with Gasteiger partial charge in [-0.1, -0.05) is 19.1 Å². The zero-order chi connectivity index (χ0) is 22.7. The predicted octanol–water partition coefficient (Wildman–Crippen LogP) is 4.40. The summed E-state index contributed by atoms with van der Waals surface area (Å²) in [5, 5.41) is 3.32. The van der Waals surface area contributed by atoms with Crippen LogP contribution < -0.4 is 15.8 Å². The molecular weight excluding hydrogens is 407 g/mol. The summed E-state index contributed by atoms with van der Waals surface area (Å²) in [4.78, 5) is 13.2. The van der Waals surface area contributed by atoms with Crippen molar-refractivity contribution in [3.05, 3.63) is 41.7 Å². The van der Waals surface area contributed by atoms with Gasteiger partial charge in [0, 0.05) is 37.3 Å². The number of nitrogens with one attached hydrogen (secondary N) is 1. The van der Waals surface area contributed by atoms with Crippen LogP contribution in [0.5, 0.6) is 5.75 Å². The first-order chi connectivity index (χ1) is 15.4. The molecule has 4 aliphatic rings. The van der Waals surface area contributed by atoms with E-state index >= 15 is 0 Å². The second-order valence-corrected chi connectivity index (χ2v) is 10.5. The highest BCUT2D eigenvalue weighted by Gasteiger charge is 2.53. The molecule has 6 heteroatoms. The van der Waals surface area contributed by atoms with E-state index in [-0.39, 0.29) is 35.3 Å². The largest absolute Gasteiger partial charge is 0.489 e. The van der Waals surface area contributed by atoms with Gasteiger partial charge in [-0.25, -0.2) is 4.39 Å². The van der Waals surface area contributed by atoms with Gasteiger partial charge in [0.1, 0.15) is 12.4 Å². The van der Waals surface area contributed by atoms with Crippen LogP contribution in [0.2, 0.25) is 0 Å². The quantitative estimate of drug-likeness (QED) is 0.623. The second kappa shape index (κ2) is 9.52. The first kappa shape index (κ1) is 23.2. The van der Waals surface area contributed by atoms with Gasteiger partial charge in [0.05, 0.1) is 6.33 Å². The number of carbonyl (C=O) groups is 1. The standard InChI is InChI=1S/C26H37FN2O3/c1-24(12-14-31-15-13-24)19-29-23(30)26-9-6-25(7-10-26,8-11-26)21-2-4-22(5-3-21)32-18-20(16-27)17-28/h2-5,16H,6-15,17-19,28H2,1H3,(H,29,30)/b20-16+. The maximum absolute atomic E-state index is 13.2. The van der Waals surface area contributed by atoms with Crippen molar-refractivity contribution in [3.63, 3.8) is 0 Å². The summed E-state index contributed by atoms with van der Waals surface area (Å²) < 4.78 is 23.8. The number of hydrogen-bond acceptors (Lipinski definition) is 4. The highest BCUT2D eigenvalue weighted by molar-refractivity contribution is 5.83. The summed E-state index contributed by atoms with van der Waals surface area (Å²) in [6.07, 6.45) is 8.56. The van der Waals surface area contributed by atoms with Crippen LogP contribution in [0.25, 0.3) is 0 Å². The minimum Gasteiger partial charge on any atom is -0.489 e. The Kier molecular flexibility index (Phi) is 6.91. The fourth-order valence-electron chi connectivity index (χ4n) is 5.70. The molecule has 0 spiro atoms. The number of benzene rings is 1. The summed E-state index contributed by atoms with van der Waals surface area (Å²) in [6.45, 7) is 4.93. The van der Waals surface area contributed by atoms with Gasteiger partial charge in [-0.2, -0.15) is 0 Å². The summed E-state index contributed by atoms with van der Waals surface area (Å²) in [6, 6.07) is 8.21. The topological polar surface area (TPSA) is 73.6 Å². The molecule has 3 saturated carbocycles. The van der Waals surface area contributed by atoms with Crippen molar-refractivity contribution in [2.45, 2.75) is 63.7 Å². The Morgan fingerprint density at radius 3 is 2.28 bits per heavy atom. The van der Waals surface area contributed by atoms with Crippen LogP contribution >= 0.6 is 0 Å².